The number of hydrogen-bond donors (Lipinski definition) is 2. The van der Waals surface area contributed by atoms with Crippen molar-refractivity contribution in [3.05, 3.63) is 77.6 Å². The molecule has 3 aromatic rings. The highest BCUT2D eigenvalue weighted by molar-refractivity contribution is 7.92. The molecule has 0 bridgehead atoms. The molecule has 29 heavy (non-hydrogen) atoms. The van der Waals surface area contributed by atoms with Crippen molar-refractivity contribution in [2.24, 2.45) is 0 Å². The Morgan fingerprint density at radius 1 is 1.03 bits per heavy atom. The largest absolute Gasteiger partial charge is 0.475 e. The number of sulfonamides is 1. The number of anilines is 1. The van der Waals surface area contributed by atoms with Gasteiger partial charge in [0.25, 0.3) is 10.0 Å². The molecule has 3 rings (SSSR count). The number of nitrogens with zero attached hydrogens (tertiary/aromatic N) is 2. The Balaban J connectivity index is 1.98. The molecule has 150 valence electrons. The monoisotopic (exact) mass is 411 g/mol. The van der Waals surface area contributed by atoms with Gasteiger partial charge in [-0.15, -0.1) is 0 Å². The Morgan fingerprint density at radius 3 is 2.45 bits per heavy atom. The van der Waals surface area contributed by atoms with Gasteiger partial charge < -0.3 is 9.84 Å². The van der Waals surface area contributed by atoms with Crippen LogP contribution in [0, 0.1) is 6.92 Å². The highest BCUT2D eigenvalue weighted by Crippen LogP contribution is 2.27. The molecule has 0 saturated heterocycles. The van der Waals surface area contributed by atoms with Gasteiger partial charge in [0.05, 0.1) is 17.1 Å². The van der Waals surface area contributed by atoms with Crippen LogP contribution in [-0.4, -0.2) is 36.7 Å². The van der Waals surface area contributed by atoms with Crippen molar-refractivity contribution in [1.29, 1.82) is 0 Å². The van der Waals surface area contributed by atoms with Gasteiger partial charge >= 0.3 is 0 Å². The minimum Gasteiger partial charge on any atom is -0.475 e. The molecule has 7 nitrogen and oxygen atoms in total. The van der Waals surface area contributed by atoms with Crippen molar-refractivity contribution in [3.8, 4) is 5.88 Å². The standard InChI is InChI=1S/C21H21N3O4S/c1-16-7-10-18(11-8-16)29(26,27)24-20-19(12-9-17-5-3-2-4-6-17)21(23-15-22-20)28-14-13-25/h2-12,15,25H,13-14H2,1H3,(H,22,23,24). The van der Waals surface area contributed by atoms with Crippen LogP contribution in [0.1, 0.15) is 16.7 Å². The van der Waals surface area contributed by atoms with E-state index in [2.05, 4.69) is 14.7 Å². The summed E-state index contributed by atoms with van der Waals surface area (Å²) in [6.45, 7) is 1.70. The number of aromatic nitrogens is 2. The molecule has 0 atom stereocenters. The highest BCUT2D eigenvalue weighted by atomic mass is 32.2. The summed E-state index contributed by atoms with van der Waals surface area (Å²) in [7, 11) is -3.85. The van der Waals surface area contributed by atoms with Gasteiger partial charge in [-0.2, -0.15) is 0 Å². The number of hydrogen-bond acceptors (Lipinski definition) is 6. The van der Waals surface area contributed by atoms with E-state index < -0.39 is 10.0 Å². The molecule has 2 aromatic carbocycles. The first-order valence-electron chi connectivity index (χ1n) is 8.91. The molecule has 1 aromatic heterocycles. The molecular weight excluding hydrogens is 390 g/mol. The van der Waals surface area contributed by atoms with E-state index in [-0.39, 0.29) is 29.8 Å². The zero-order chi connectivity index (χ0) is 20.7. The topological polar surface area (TPSA) is 101 Å². The third-order valence-electron chi connectivity index (χ3n) is 3.98. The first kappa shape index (κ1) is 20.5. The molecule has 0 fully saturated rings. The van der Waals surface area contributed by atoms with Crippen molar-refractivity contribution < 1.29 is 18.3 Å². The van der Waals surface area contributed by atoms with Gasteiger partial charge in [-0.05, 0) is 30.7 Å². The van der Waals surface area contributed by atoms with Crippen LogP contribution in [0.2, 0.25) is 0 Å². The second-order valence-corrected chi connectivity index (χ2v) is 7.86. The summed E-state index contributed by atoms with van der Waals surface area (Å²) < 4.78 is 33.5. The van der Waals surface area contributed by atoms with E-state index in [9.17, 15) is 8.42 Å². The smallest absolute Gasteiger partial charge is 0.263 e. The zero-order valence-electron chi connectivity index (χ0n) is 15.8. The lowest BCUT2D eigenvalue weighted by Gasteiger charge is -2.13. The number of aliphatic hydroxyl groups is 1. The lowest BCUT2D eigenvalue weighted by atomic mass is 10.2. The third kappa shape index (κ3) is 5.40. The Kier molecular flexibility index (Phi) is 6.58. The molecule has 8 heteroatoms. The van der Waals surface area contributed by atoms with Crippen molar-refractivity contribution in [1.82, 2.24) is 9.97 Å². The fourth-order valence-electron chi connectivity index (χ4n) is 2.52. The molecule has 0 saturated carbocycles. The lowest BCUT2D eigenvalue weighted by Crippen LogP contribution is -2.16. The van der Waals surface area contributed by atoms with E-state index >= 15 is 0 Å². The summed E-state index contributed by atoms with van der Waals surface area (Å²) in [4.78, 5) is 8.29. The van der Waals surface area contributed by atoms with Crippen molar-refractivity contribution in [2.75, 3.05) is 17.9 Å². The van der Waals surface area contributed by atoms with Gasteiger partial charge in [0, 0.05) is 0 Å². The minimum absolute atomic E-state index is 0.0212. The van der Waals surface area contributed by atoms with Crippen molar-refractivity contribution in [2.45, 2.75) is 11.8 Å². The molecule has 0 aliphatic carbocycles. The first-order valence-corrected chi connectivity index (χ1v) is 10.4. The summed E-state index contributed by atoms with van der Waals surface area (Å²) in [6, 6.07) is 16.0. The highest BCUT2D eigenvalue weighted by Gasteiger charge is 2.19. The molecule has 0 aliphatic heterocycles. The SMILES string of the molecule is Cc1ccc(S(=O)(=O)Nc2ncnc(OCCO)c2C=Cc2ccccc2)cc1. The Labute approximate surface area is 169 Å². The first-order chi connectivity index (χ1) is 14.0. The van der Waals surface area contributed by atoms with Gasteiger partial charge in [0.2, 0.25) is 5.88 Å². The van der Waals surface area contributed by atoms with Crippen LogP contribution < -0.4 is 9.46 Å². The fraction of sp³-hybridized carbons (Fsp3) is 0.143. The number of rotatable bonds is 8. The van der Waals surface area contributed by atoms with Crippen LogP contribution in [0.25, 0.3) is 12.2 Å². The van der Waals surface area contributed by atoms with Gasteiger partial charge in [-0.1, -0.05) is 54.1 Å². The lowest BCUT2D eigenvalue weighted by molar-refractivity contribution is 0.196. The van der Waals surface area contributed by atoms with Crippen LogP contribution >= 0.6 is 0 Å². The molecule has 0 aliphatic rings. The number of aryl methyl sites for hydroxylation is 1. The van der Waals surface area contributed by atoms with E-state index in [0.29, 0.717) is 5.56 Å². The van der Waals surface area contributed by atoms with Crippen LogP contribution in [-0.2, 0) is 10.0 Å². The summed E-state index contributed by atoms with van der Waals surface area (Å²) in [5.41, 5.74) is 2.23. The fourth-order valence-corrected chi connectivity index (χ4v) is 3.55. The van der Waals surface area contributed by atoms with Crippen molar-refractivity contribution >= 4 is 28.0 Å². The average molecular weight is 411 g/mol. The minimum atomic E-state index is -3.85. The second kappa shape index (κ2) is 9.31. The molecular formula is C21H21N3O4S. The normalized spacial score (nSPS) is 11.5. The molecule has 0 spiro atoms. The van der Waals surface area contributed by atoms with E-state index in [0.717, 1.165) is 11.1 Å². The molecule has 1 heterocycles. The predicted octanol–water partition coefficient (Wildman–Crippen LogP) is 3.13. The van der Waals surface area contributed by atoms with E-state index in [4.69, 9.17) is 9.84 Å². The number of aliphatic hydroxyl groups excluding tert-OH is 1. The van der Waals surface area contributed by atoms with Crippen LogP contribution in [0.5, 0.6) is 5.88 Å². The molecule has 0 radical (unpaired) electrons. The number of benzene rings is 2. The third-order valence-corrected chi connectivity index (χ3v) is 5.34. The second-order valence-electron chi connectivity index (χ2n) is 6.18. The van der Waals surface area contributed by atoms with Crippen LogP contribution in [0.4, 0.5) is 5.82 Å². The maximum absolute atomic E-state index is 12.8. The zero-order valence-corrected chi connectivity index (χ0v) is 16.6. The predicted molar refractivity (Wildman–Crippen MR) is 112 cm³/mol. The molecule has 0 unspecified atom stereocenters. The maximum Gasteiger partial charge on any atom is 0.263 e. The van der Waals surface area contributed by atoms with E-state index in [1.54, 1.807) is 24.3 Å². The van der Waals surface area contributed by atoms with Gasteiger partial charge in [-0.25, -0.2) is 18.4 Å². The quantitative estimate of drug-likeness (QED) is 0.591. The van der Waals surface area contributed by atoms with Crippen LogP contribution in [0.3, 0.4) is 0 Å². The number of ether oxygens (including phenoxy) is 1. The number of nitrogens with one attached hydrogen (secondary N) is 1. The van der Waals surface area contributed by atoms with Gasteiger partial charge in [-0.3, -0.25) is 4.72 Å². The summed E-state index contributed by atoms with van der Waals surface area (Å²) in [6.07, 6.45) is 4.68. The molecule has 0 amide bonds. The van der Waals surface area contributed by atoms with Gasteiger partial charge in [0.15, 0.2) is 5.82 Å². The van der Waals surface area contributed by atoms with E-state index in [1.165, 1.54) is 18.5 Å². The Bertz CT molecular complexity index is 1080. The summed E-state index contributed by atoms with van der Waals surface area (Å²) in [5, 5.41) is 9.06. The summed E-state index contributed by atoms with van der Waals surface area (Å²) in [5.74, 6) is 0.253. The molecule has 2 N–H and O–H groups in total. The average Bonchev–Trinajstić information content (AvgIpc) is 2.72. The maximum atomic E-state index is 12.8. The Morgan fingerprint density at radius 2 is 1.76 bits per heavy atom. The van der Waals surface area contributed by atoms with Crippen LogP contribution in [0.15, 0.2) is 65.8 Å². The Hall–Kier alpha value is -3.23. The van der Waals surface area contributed by atoms with Crippen molar-refractivity contribution in [3.63, 3.8) is 0 Å². The van der Waals surface area contributed by atoms with E-state index in [1.807, 2.05) is 37.3 Å². The van der Waals surface area contributed by atoms with Gasteiger partial charge in [0.1, 0.15) is 12.9 Å². The summed E-state index contributed by atoms with van der Waals surface area (Å²) >= 11 is 0.